The number of nitrogens with one attached hydrogen (secondary N) is 1. The second-order valence-electron chi connectivity index (χ2n) is 2.96. The van der Waals surface area contributed by atoms with Crippen LogP contribution in [0.1, 0.15) is 5.56 Å². The lowest BCUT2D eigenvalue weighted by atomic mass is 10.3. The van der Waals surface area contributed by atoms with Crippen LogP contribution in [0.2, 0.25) is 0 Å². The molecule has 0 unspecified atom stereocenters. The number of nitriles is 1. The molecule has 0 saturated heterocycles. The lowest BCUT2D eigenvalue weighted by Gasteiger charge is -2.07. The van der Waals surface area contributed by atoms with Gasteiger partial charge < -0.3 is 11.1 Å². The van der Waals surface area contributed by atoms with Gasteiger partial charge in [-0.05, 0) is 6.07 Å². The molecule has 0 amide bonds. The maximum absolute atomic E-state index is 8.64. The molecule has 82 valence electrons. The molecule has 4 nitrogen and oxygen atoms in total. The summed E-state index contributed by atoms with van der Waals surface area (Å²) in [6.07, 6.45) is 6.62. The van der Waals surface area contributed by atoms with E-state index < -0.39 is 0 Å². The average Bonchev–Trinajstić information content (AvgIpc) is 2.30. The van der Waals surface area contributed by atoms with Crippen molar-refractivity contribution < 1.29 is 0 Å². The molecule has 5 heteroatoms. The van der Waals surface area contributed by atoms with Crippen LogP contribution in [0.4, 0.5) is 11.5 Å². The molecule has 1 heterocycles. The summed E-state index contributed by atoms with van der Waals surface area (Å²) in [5.74, 6) is 4.76. The summed E-state index contributed by atoms with van der Waals surface area (Å²) >= 11 is 1.67. The van der Waals surface area contributed by atoms with Gasteiger partial charge in [0.2, 0.25) is 0 Å². The van der Waals surface area contributed by atoms with Gasteiger partial charge in [-0.3, -0.25) is 0 Å². The molecule has 1 rings (SSSR count). The standard InChI is InChI=1S/C11H12N4S/c1-2-4-16-5-3-14-11-10(13)6-9(7-12)8-15-11/h1,6,8H,3-5,13H2,(H,14,15). The van der Waals surface area contributed by atoms with Crippen molar-refractivity contribution in [3.8, 4) is 18.4 Å². The molecule has 0 aromatic carbocycles. The maximum Gasteiger partial charge on any atom is 0.149 e. The summed E-state index contributed by atoms with van der Waals surface area (Å²) in [7, 11) is 0. The lowest BCUT2D eigenvalue weighted by molar-refractivity contribution is 1.17. The molecule has 0 bridgehead atoms. The van der Waals surface area contributed by atoms with Crippen LogP contribution in [0.15, 0.2) is 12.3 Å². The SMILES string of the molecule is C#CCSCCNc1ncc(C#N)cc1N. The van der Waals surface area contributed by atoms with E-state index in [1.165, 1.54) is 6.20 Å². The fraction of sp³-hybridized carbons (Fsp3) is 0.273. The summed E-state index contributed by atoms with van der Waals surface area (Å²) in [4.78, 5) is 4.06. The van der Waals surface area contributed by atoms with Gasteiger partial charge in [0, 0.05) is 18.5 Å². The third-order valence-corrected chi connectivity index (χ3v) is 2.63. The Bertz CT molecular complexity index is 431. The lowest BCUT2D eigenvalue weighted by Crippen LogP contribution is -2.08. The smallest absolute Gasteiger partial charge is 0.149 e. The Morgan fingerprint density at radius 1 is 1.62 bits per heavy atom. The number of anilines is 2. The van der Waals surface area contributed by atoms with Crippen molar-refractivity contribution in [2.24, 2.45) is 0 Å². The number of thioether (sulfide) groups is 1. The third-order valence-electron chi connectivity index (χ3n) is 1.77. The summed E-state index contributed by atoms with van der Waals surface area (Å²) < 4.78 is 0. The first-order chi connectivity index (χ1) is 7.77. The Kier molecular flexibility index (Phi) is 5.04. The van der Waals surface area contributed by atoms with Crippen LogP contribution in [0.5, 0.6) is 0 Å². The minimum atomic E-state index is 0.463. The number of pyridine rings is 1. The zero-order valence-corrected chi connectivity index (χ0v) is 9.55. The van der Waals surface area contributed by atoms with Crippen molar-refractivity contribution in [3.05, 3.63) is 17.8 Å². The van der Waals surface area contributed by atoms with Crippen molar-refractivity contribution in [3.63, 3.8) is 0 Å². The maximum atomic E-state index is 8.64. The number of nitrogen functional groups attached to an aromatic ring is 1. The molecular formula is C11H12N4S. The van der Waals surface area contributed by atoms with Crippen molar-refractivity contribution in [1.29, 1.82) is 5.26 Å². The fourth-order valence-electron chi connectivity index (χ4n) is 1.06. The molecule has 0 aliphatic rings. The zero-order valence-electron chi connectivity index (χ0n) is 8.73. The first-order valence-electron chi connectivity index (χ1n) is 4.68. The van der Waals surface area contributed by atoms with E-state index >= 15 is 0 Å². The van der Waals surface area contributed by atoms with Gasteiger partial charge in [0.1, 0.15) is 11.9 Å². The van der Waals surface area contributed by atoms with Crippen molar-refractivity contribution >= 4 is 23.3 Å². The highest BCUT2D eigenvalue weighted by Crippen LogP contribution is 2.15. The molecule has 0 aliphatic heterocycles. The van der Waals surface area contributed by atoms with Crippen molar-refractivity contribution in [1.82, 2.24) is 4.98 Å². The Morgan fingerprint density at radius 3 is 3.06 bits per heavy atom. The zero-order chi connectivity index (χ0) is 11.8. The number of aromatic nitrogens is 1. The molecule has 0 fully saturated rings. The Balaban J connectivity index is 2.43. The van der Waals surface area contributed by atoms with E-state index in [2.05, 4.69) is 16.2 Å². The third kappa shape index (κ3) is 3.72. The summed E-state index contributed by atoms with van der Waals surface area (Å²) in [6, 6.07) is 3.58. The topological polar surface area (TPSA) is 74.7 Å². The van der Waals surface area contributed by atoms with E-state index in [0.717, 1.165) is 12.3 Å². The molecular weight excluding hydrogens is 220 g/mol. The Morgan fingerprint density at radius 2 is 2.44 bits per heavy atom. The van der Waals surface area contributed by atoms with Crippen LogP contribution in [0, 0.1) is 23.7 Å². The van der Waals surface area contributed by atoms with Crippen LogP contribution < -0.4 is 11.1 Å². The first-order valence-corrected chi connectivity index (χ1v) is 5.84. The van der Waals surface area contributed by atoms with E-state index in [4.69, 9.17) is 17.4 Å². The molecule has 0 saturated carbocycles. The second kappa shape index (κ2) is 6.60. The number of rotatable bonds is 5. The van der Waals surface area contributed by atoms with Gasteiger partial charge >= 0.3 is 0 Å². The molecule has 0 radical (unpaired) electrons. The number of terminal acetylenes is 1. The van der Waals surface area contributed by atoms with Crippen molar-refractivity contribution in [2.75, 3.05) is 29.1 Å². The predicted molar refractivity (Wildman–Crippen MR) is 68.0 cm³/mol. The van der Waals surface area contributed by atoms with Crippen LogP contribution in [0.25, 0.3) is 0 Å². The van der Waals surface area contributed by atoms with Crippen LogP contribution >= 0.6 is 11.8 Å². The number of hydrogen-bond acceptors (Lipinski definition) is 5. The normalized spacial score (nSPS) is 9.12. The van der Waals surface area contributed by atoms with E-state index in [-0.39, 0.29) is 0 Å². The van der Waals surface area contributed by atoms with Gasteiger partial charge in [0.05, 0.1) is 17.0 Å². The minimum Gasteiger partial charge on any atom is -0.396 e. The summed E-state index contributed by atoms with van der Waals surface area (Å²) in [5, 5.41) is 11.7. The Labute approximate surface area is 99.2 Å². The Hall–Kier alpha value is -1.85. The summed E-state index contributed by atoms with van der Waals surface area (Å²) in [6.45, 7) is 0.745. The minimum absolute atomic E-state index is 0.463. The molecule has 1 aromatic heterocycles. The highest BCUT2D eigenvalue weighted by Gasteiger charge is 2.01. The highest BCUT2D eigenvalue weighted by molar-refractivity contribution is 7.99. The first kappa shape index (κ1) is 12.2. The molecule has 0 aliphatic carbocycles. The molecule has 3 N–H and O–H groups in total. The largest absolute Gasteiger partial charge is 0.396 e. The van der Waals surface area contributed by atoms with Gasteiger partial charge in [0.25, 0.3) is 0 Å². The second-order valence-corrected chi connectivity index (χ2v) is 4.06. The number of hydrogen-bond donors (Lipinski definition) is 2. The number of nitrogens with zero attached hydrogens (tertiary/aromatic N) is 2. The monoisotopic (exact) mass is 232 g/mol. The van der Waals surface area contributed by atoms with Gasteiger partial charge in [-0.1, -0.05) is 5.92 Å². The highest BCUT2D eigenvalue weighted by atomic mass is 32.2. The van der Waals surface area contributed by atoms with E-state index in [1.807, 2.05) is 6.07 Å². The van der Waals surface area contributed by atoms with Gasteiger partial charge in [-0.25, -0.2) is 4.98 Å². The quantitative estimate of drug-likeness (QED) is 0.591. The van der Waals surface area contributed by atoms with Gasteiger partial charge in [-0.2, -0.15) is 5.26 Å². The molecule has 0 atom stereocenters. The van der Waals surface area contributed by atoms with Crippen molar-refractivity contribution in [2.45, 2.75) is 0 Å². The number of nitrogens with two attached hydrogens (primary N) is 1. The fourth-order valence-corrected chi connectivity index (χ4v) is 1.57. The summed E-state index contributed by atoms with van der Waals surface area (Å²) in [5.41, 5.74) is 6.67. The van der Waals surface area contributed by atoms with E-state index in [0.29, 0.717) is 22.8 Å². The molecule has 0 spiro atoms. The van der Waals surface area contributed by atoms with E-state index in [1.54, 1.807) is 17.8 Å². The van der Waals surface area contributed by atoms with Crippen LogP contribution in [0.3, 0.4) is 0 Å². The molecule has 16 heavy (non-hydrogen) atoms. The van der Waals surface area contributed by atoms with Gasteiger partial charge in [0.15, 0.2) is 0 Å². The van der Waals surface area contributed by atoms with Crippen LogP contribution in [-0.4, -0.2) is 23.0 Å². The molecule has 1 aromatic rings. The van der Waals surface area contributed by atoms with Gasteiger partial charge in [-0.15, -0.1) is 18.2 Å². The van der Waals surface area contributed by atoms with E-state index in [9.17, 15) is 0 Å². The van der Waals surface area contributed by atoms with Crippen LogP contribution in [-0.2, 0) is 0 Å². The predicted octanol–water partition coefficient (Wildman–Crippen LogP) is 1.31. The average molecular weight is 232 g/mol.